The Kier molecular flexibility index (Phi) is 6.77. The third kappa shape index (κ3) is 4.78. The van der Waals surface area contributed by atoms with Crippen molar-refractivity contribution in [2.24, 2.45) is 0 Å². The minimum Gasteiger partial charge on any atom is -0.493 e. The molecule has 0 unspecified atom stereocenters. The zero-order chi connectivity index (χ0) is 17.7. The fourth-order valence-corrected chi connectivity index (χ4v) is 3.25. The summed E-state index contributed by atoms with van der Waals surface area (Å²) in [5, 5.41) is 9.77. The van der Waals surface area contributed by atoms with Gasteiger partial charge in [-0.15, -0.1) is 0 Å². The van der Waals surface area contributed by atoms with Crippen LogP contribution >= 0.6 is 45.8 Å². The Labute approximate surface area is 163 Å². The number of hydrogen-bond acceptors (Lipinski definition) is 3. The normalized spacial score (nSPS) is 10.8. The van der Waals surface area contributed by atoms with Gasteiger partial charge in [-0.25, -0.2) is 4.79 Å². The van der Waals surface area contributed by atoms with Gasteiger partial charge in [0.2, 0.25) is 0 Å². The molecule has 0 aliphatic rings. The summed E-state index contributed by atoms with van der Waals surface area (Å²) in [7, 11) is 1.52. The maximum absolute atomic E-state index is 10.6. The Bertz CT molecular complexity index is 770. The summed E-state index contributed by atoms with van der Waals surface area (Å²) in [5.74, 6) is 0.0225. The van der Waals surface area contributed by atoms with E-state index in [-0.39, 0.29) is 6.61 Å². The van der Waals surface area contributed by atoms with Crippen LogP contribution in [0.1, 0.15) is 11.1 Å². The smallest absolute Gasteiger partial charge is 0.328 e. The average Bonchev–Trinajstić information content (AvgIpc) is 2.53. The number of carboxylic acids is 1. The van der Waals surface area contributed by atoms with Gasteiger partial charge in [0, 0.05) is 21.7 Å². The lowest BCUT2D eigenvalue weighted by Crippen LogP contribution is -2.01. The summed E-state index contributed by atoms with van der Waals surface area (Å²) < 4.78 is 12.0. The molecule has 0 aliphatic carbocycles. The Hall–Kier alpha value is -1.44. The van der Waals surface area contributed by atoms with Crippen LogP contribution in [-0.2, 0) is 11.4 Å². The first-order valence-electron chi connectivity index (χ1n) is 6.76. The minimum atomic E-state index is -1.02. The Morgan fingerprint density at radius 1 is 1.29 bits per heavy atom. The van der Waals surface area contributed by atoms with E-state index in [1.807, 2.05) is 0 Å². The molecule has 0 heterocycles. The molecule has 7 heteroatoms. The van der Waals surface area contributed by atoms with Crippen molar-refractivity contribution in [3.63, 3.8) is 0 Å². The number of rotatable bonds is 6. The van der Waals surface area contributed by atoms with Crippen molar-refractivity contribution in [1.82, 2.24) is 0 Å². The Morgan fingerprint density at radius 3 is 2.54 bits per heavy atom. The van der Waals surface area contributed by atoms with Gasteiger partial charge in [0.1, 0.15) is 6.61 Å². The van der Waals surface area contributed by atoms with Crippen LogP contribution < -0.4 is 9.47 Å². The summed E-state index contributed by atoms with van der Waals surface area (Å²) >= 11 is 14.4. The number of halogens is 3. The highest BCUT2D eigenvalue weighted by molar-refractivity contribution is 14.1. The molecule has 0 saturated heterocycles. The zero-order valence-electron chi connectivity index (χ0n) is 12.6. The van der Waals surface area contributed by atoms with Gasteiger partial charge >= 0.3 is 5.97 Å². The van der Waals surface area contributed by atoms with E-state index in [0.717, 1.165) is 9.65 Å². The first-order chi connectivity index (χ1) is 11.4. The van der Waals surface area contributed by atoms with Crippen LogP contribution in [0.25, 0.3) is 6.08 Å². The molecule has 2 rings (SSSR count). The molecule has 0 aromatic heterocycles. The number of carbonyl (C=O) groups is 1. The highest BCUT2D eigenvalue weighted by Gasteiger charge is 2.13. The molecule has 1 N–H and O–H groups in total. The van der Waals surface area contributed by atoms with Crippen molar-refractivity contribution in [2.75, 3.05) is 7.11 Å². The molecular formula is C17H13Cl2IO4. The third-order valence-electron chi connectivity index (χ3n) is 3.09. The number of aliphatic carboxylic acids is 1. The standard InChI is InChI=1S/C17H13Cl2IO4/c1-23-15-8-10(5-6-16(21)22)7-14(20)17(15)24-9-11-12(18)3-2-4-13(11)19/h2-8H,9H2,1H3,(H,21,22). The molecule has 0 aliphatic heterocycles. The second-order valence-corrected chi connectivity index (χ2v) is 6.67. The maximum Gasteiger partial charge on any atom is 0.328 e. The predicted octanol–water partition coefficient (Wildman–Crippen LogP) is 5.28. The number of methoxy groups -OCH3 is 1. The van der Waals surface area contributed by atoms with Crippen molar-refractivity contribution in [2.45, 2.75) is 6.61 Å². The van der Waals surface area contributed by atoms with Gasteiger partial charge in [-0.05, 0) is 58.5 Å². The van der Waals surface area contributed by atoms with Crippen LogP contribution in [0.5, 0.6) is 11.5 Å². The van der Waals surface area contributed by atoms with Gasteiger partial charge < -0.3 is 14.6 Å². The van der Waals surface area contributed by atoms with Crippen LogP contribution in [-0.4, -0.2) is 18.2 Å². The molecule has 0 amide bonds. The number of ether oxygens (including phenoxy) is 2. The quantitative estimate of drug-likeness (QED) is 0.453. The van der Waals surface area contributed by atoms with Crippen molar-refractivity contribution in [3.8, 4) is 11.5 Å². The van der Waals surface area contributed by atoms with E-state index in [2.05, 4.69) is 22.6 Å². The summed E-state index contributed by atoms with van der Waals surface area (Å²) in [6.45, 7) is 0.190. The molecule has 4 nitrogen and oxygen atoms in total. The number of carboxylic acid groups (broad SMARTS) is 1. The van der Waals surface area contributed by atoms with E-state index in [1.54, 1.807) is 30.3 Å². The van der Waals surface area contributed by atoms with Crippen molar-refractivity contribution in [3.05, 3.63) is 61.2 Å². The lowest BCUT2D eigenvalue weighted by Gasteiger charge is -2.15. The van der Waals surface area contributed by atoms with Crippen LogP contribution in [0.2, 0.25) is 10.0 Å². The molecule has 0 atom stereocenters. The summed E-state index contributed by atoms with van der Waals surface area (Å²) in [6, 6.07) is 8.75. The van der Waals surface area contributed by atoms with Gasteiger partial charge in [-0.3, -0.25) is 0 Å². The fraction of sp³-hybridized carbons (Fsp3) is 0.118. The number of benzene rings is 2. The third-order valence-corrected chi connectivity index (χ3v) is 4.60. The van der Waals surface area contributed by atoms with Crippen LogP contribution in [0.3, 0.4) is 0 Å². The molecule has 0 fully saturated rings. The lowest BCUT2D eigenvalue weighted by molar-refractivity contribution is -0.131. The molecule has 2 aromatic carbocycles. The van der Waals surface area contributed by atoms with Crippen LogP contribution in [0, 0.1) is 3.57 Å². The first kappa shape index (κ1) is 18.9. The van der Waals surface area contributed by atoms with Crippen LogP contribution in [0.4, 0.5) is 0 Å². The minimum absolute atomic E-state index is 0.190. The Balaban J connectivity index is 2.28. The first-order valence-corrected chi connectivity index (χ1v) is 8.60. The van der Waals surface area contributed by atoms with E-state index in [0.29, 0.717) is 32.7 Å². The highest BCUT2D eigenvalue weighted by atomic mass is 127. The SMILES string of the molecule is COc1cc(C=CC(=O)O)cc(I)c1OCc1c(Cl)cccc1Cl. The van der Waals surface area contributed by atoms with Gasteiger partial charge in [0.15, 0.2) is 11.5 Å². The van der Waals surface area contributed by atoms with E-state index in [4.69, 9.17) is 37.8 Å². The van der Waals surface area contributed by atoms with Crippen molar-refractivity contribution in [1.29, 1.82) is 0 Å². The molecule has 24 heavy (non-hydrogen) atoms. The molecular weight excluding hydrogens is 466 g/mol. The molecule has 0 spiro atoms. The summed E-state index contributed by atoms with van der Waals surface area (Å²) in [6.07, 6.45) is 2.55. The van der Waals surface area contributed by atoms with Gasteiger partial charge in [0.05, 0.1) is 10.7 Å². The Morgan fingerprint density at radius 2 is 1.96 bits per heavy atom. The zero-order valence-corrected chi connectivity index (χ0v) is 16.2. The average molecular weight is 479 g/mol. The van der Waals surface area contributed by atoms with Crippen LogP contribution in [0.15, 0.2) is 36.4 Å². The predicted molar refractivity (Wildman–Crippen MR) is 103 cm³/mol. The number of hydrogen-bond donors (Lipinski definition) is 1. The molecule has 126 valence electrons. The van der Waals surface area contributed by atoms with Gasteiger partial charge in [-0.1, -0.05) is 29.3 Å². The summed E-state index contributed by atoms with van der Waals surface area (Å²) in [4.78, 5) is 10.6. The topological polar surface area (TPSA) is 55.8 Å². The highest BCUT2D eigenvalue weighted by Crippen LogP contribution is 2.36. The monoisotopic (exact) mass is 478 g/mol. The van der Waals surface area contributed by atoms with Crippen molar-refractivity contribution < 1.29 is 19.4 Å². The van der Waals surface area contributed by atoms with E-state index < -0.39 is 5.97 Å². The van der Waals surface area contributed by atoms with Gasteiger partial charge in [-0.2, -0.15) is 0 Å². The second-order valence-electron chi connectivity index (χ2n) is 4.69. The van der Waals surface area contributed by atoms with E-state index >= 15 is 0 Å². The van der Waals surface area contributed by atoms with Crippen molar-refractivity contribution >= 4 is 57.8 Å². The molecule has 0 radical (unpaired) electrons. The molecule has 0 bridgehead atoms. The fourth-order valence-electron chi connectivity index (χ4n) is 1.96. The largest absolute Gasteiger partial charge is 0.493 e. The second kappa shape index (κ2) is 8.60. The van der Waals surface area contributed by atoms with E-state index in [1.165, 1.54) is 13.2 Å². The van der Waals surface area contributed by atoms with Gasteiger partial charge in [0.25, 0.3) is 0 Å². The molecule has 2 aromatic rings. The lowest BCUT2D eigenvalue weighted by atomic mass is 10.2. The maximum atomic E-state index is 10.6. The van der Waals surface area contributed by atoms with E-state index in [9.17, 15) is 4.79 Å². The summed E-state index contributed by atoms with van der Waals surface area (Å²) in [5.41, 5.74) is 1.38. The molecule has 0 saturated carbocycles.